The van der Waals surface area contributed by atoms with Crippen molar-refractivity contribution in [2.75, 3.05) is 0 Å². The van der Waals surface area contributed by atoms with Crippen LogP contribution >= 0.6 is 23.2 Å². The van der Waals surface area contributed by atoms with E-state index in [9.17, 15) is 14.7 Å². The molecular weight excluding hydrogens is 431 g/mol. The monoisotopic (exact) mass is 452 g/mol. The van der Waals surface area contributed by atoms with Crippen LogP contribution in [-0.2, 0) is 21.4 Å². The summed E-state index contributed by atoms with van der Waals surface area (Å²) in [6.45, 7) is 0. The first-order chi connectivity index (χ1) is 14.9. The molecule has 0 aliphatic rings. The maximum atomic E-state index is 13.7. The van der Waals surface area contributed by atoms with Crippen LogP contribution < -0.4 is 0 Å². The van der Waals surface area contributed by atoms with E-state index in [1.807, 2.05) is 60.7 Å². The number of carbonyl (C=O) groups excluding carboxylic acids is 1. The van der Waals surface area contributed by atoms with E-state index in [1.165, 1.54) is 6.08 Å². The smallest absolute Gasteiger partial charge is 0.303 e. The molecule has 158 valence electrons. The van der Waals surface area contributed by atoms with Crippen molar-refractivity contribution in [1.29, 1.82) is 0 Å². The van der Waals surface area contributed by atoms with Crippen LogP contribution in [0.1, 0.15) is 29.5 Å². The molecule has 0 aromatic heterocycles. The molecule has 3 aromatic carbocycles. The SMILES string of the molecule is O=C(O)CCC(Cc1ccccc1Cl)(C(=O)/C=C/c1ccc(Cl)cc1)c1ccccc1. The Hall–Kier alpha value is -2.88. The van der Waals surface area contributed by atoms with Gasteiger partial charge in [0, 0.05) is 16.5 Å². The molecule has 3 nitrogen and oxygen atoms in total. The molecule has 31 heavy (non-hydrogen) atoms. The van der Waals surface area contributed by atoms with Gasteiger partial charge in [0.15, 0.2) is 5.78 Å². The highest BCUT2D eigenvalue weighted by molar-refractivity contribution is 6.31. The predicted octanol–water partition coefficient (Wildman–Crippen LogP) is 6.62. The zero-order valence-corrected chi connectivity index (χ0v) is 18.3. The Balaban J connectivity index is 2.07. The number of allylic oxidation sites excluding steroid dienone is 1. The Morgan fingerprint density at radius 3 is 2.16 bits per heavy atom. The maximum absolute atomic E-state index is 13.7. The minimum Gasteiger partial charge on any atom is -0.481 e. The van der Waals surface area contributed by atoms with Crippen molar-refractivity contribution < 1.29 is 14.7 Å². The molecule has 1 atom stereocenters. The Bertz CT molecular complexity index is 1080. The summed E-state index contributed by atoms with van der Waals surface area (Å²) in [5.41, 5.74) is 1.33. The number of benzene rings is 3. The topological polar surface area (TPSA) is 54.4 Å². The average Bonchev–Trinajstić information content (AvgIpc) is 2.78. The number of ketones is 1. The molecule has 0 saturated carbocycles. The van der Waals surface area contributed by atoms with Gasteiger partial charge in [0.2, 0.25) is 0 Å². The lowest BCUT2D eigenvalue weighted by atomic mass is 9.69. The highest BCUT2D eigenvalue weighted by Crippen LogP contribution is 2.37. The zero-order valence-electron chi connectivity index (χ0n) is 16.8. The van der Waals surface area contributed by atoms with Crippen molar-refractivity contribution >= 4 is 41.0 Å². The highest BCUT2D eigenvalue weighted by atomic mass is 35.5. The lowest BCUT2D eigenvalue weighted by Gasteiger charge is -2.32. The number of carbonyl (C=O) groups is 2. The summed E-state index contributed by atoms with van der Waals surface area (Å²) < 4.78 is 0. The number of carboxylic acid groups (broad SMARTS) is 1. The van der Waals surface area contributed by atoms with Crippen LogP contribution in [0.2, 0.25) is 10.0 Å². The van der Waals surface area contributed by atoms with Crippen molar-refractivity contribution in [1.82, 2.24) is 0 Å². The van der Waals surface area contributed by atoms with Gasteiger partial charge in [-0.1, -0.05) is 89.9 Å². The molecule has 5 heteroatoms. The lowest BCUT2D eigenvalue weighted by Crippen LogP contribution is -2.38. The third-order valence-electron chi connectivity index (χ3n) is 5.31. The summed E-state index contributed by atoms with van der Waals surface area (Å²) in [7, 11) is 0. The molecule has 0 heterocycles. The van der Waals surface area contributed by atoms with Crippen molar-refractivity contribution in [3.05, 3.63) is 112 Å². The minimum absolute atomic E-state index is 0.139. The van der Waals surface area contributed by atoms with Crippen LogP contribution in [-0.4, -0.2) is 16.9 Å². The van der Waals surface area contributed by atoms with Crippen molar-refractivity contribution in [3.8, 4) is 0 Å². The van der Waals surface area contributed by atoms with Gasteiger partial charge in [-0.05, 0) is 53.8 Å². The molecule has 0 bridgehead atoms. The molecular formula is C26H22Cl2O3. The zero-order chi connectivity index (χ0) is 22.3. The molecule has 0 radical (unpaired) electrons. The second kappa shape index (κ2) is 10.4. The normalized spacial score (nSPS) is 13.1. The number of hydrogen-bond acceptors (Lipinski definition) is 2. The molecule has 0 saturated heterocycles. The Morgan fingerprint density at radius 2 is 1.52 bits per heavy atom. The van der Waals surface area contributed by atoms with Gasteiger partial charge >= 0.3 is 5.97 Å². The third-order valence-corrected chi connectivity index (χ3v) is 5.93. The molecule has 1 unspecified atom stereocenters. The van der Waals surface area contributed by atoms with Crippen molar-refractivity contribution in [2.24, 2.45) is 0 Å². The summed E-state index contributed by atoms with van der Waals surface area (Å²) in [6, 6.07) is 23.8. The number of hydrogen-bond donors (Lipinski definition) is 1. The molecule has 0 aliphatic heterocycles. The molecule has 0 fully saturated rings. The Kier molecular flexibility index (Phi) is 7.67. The van der Waals surface area contributed by atoms with E-state index >= 15 is 0 Å². The van der Waals surface area contributed by atoms with Gasteiger partial charge in [-0.15, -0.1) is 0 Å². The molecule has 0 spiro atoms. The first kappa shape index (κ1) is 22.8. The van der Waals surface area contributed by atoms with E-state index in [-0.39, 0.29) is 18.6 Å². The van der Waals surface area contributed by atoms with E-state index in [0.717, 1.165) is 16.7 Å². The minimum atomic E-state index is -1.06. The Labute approximate surface area is 191 Å². The third kappa shape index (κ3) is 5.84. The maximum Gasteiger partial charge on any atom is 0.303 e. The lowest BCUT2D eigenvalue weighted by molar-refractivity contribution is -0.137. The number of aliphatic carboxylic acids is 1. The van der Waals surface area contributed by atoms with Crippen LogP contribution in [0.25, 0.3) is 6.08 Å². The Morgan fingerprint density at radius 1 is 0.871 bits per heavy atom. The van der Waals surface area contributed by atoms with Crippen LogP contribution in [0.4, 0.5) is 0 Å². The number of rotatable bonds is 9. The first-order valence-electron chi connectivity index (χ1n) is 9.89. The highest BCUT2D eigenvalue weighted by Gasteiger charge is 2.39. The molecule has 0 amide bonds. The van der Waals surface area contributed by atoms with E-state index < -0.39 is 11.4 Å². The van der Waals surface area contributed by atoms with E-state index in [0.29, 0.717) is 16.5 Å². The van der Waals surface area contributed by atoms with Crippen molar-refractivity contribution in [2.45, 2.75) is 24.7 Å². The summed E-state index contributed by atoms with van der Waals surface area (Å²) in [5.74, 6) is -1.12. The van der Waals surface area contributed by atoms with Gasteiger partial charge in [0.05, 0.1) is 5.41 Å². The van der Waals surface area contributed by atoms with E-state index in [1.54, 1.807) is 24.3 Å². The van der Waals surface area contributed by atoms with Gasteiger partial charge in [0.25, 0.3) is 0 Å². The second-order valence-corrected chi connectivity index (χ2v) is 8.20. The standard InChI is InChI=1S/C26H22Cl2O3/c27-22-13-10-19(11-14-22)12-15-24(29)26(17-16-25(30)31,21-7-2-1-3-8-21)18-20-6-4-5-9-23(20)28/h1-15H,16-18H2,(H,30,31)/b15-12+. The number of halogens is 2. The summed E-state index contributed by atoms with van der Waals surface area (Å²) >= 11 is 12.4. The van der Waals surface area contributed by atoms with E-state index in [2.05, 4.69) is 0 Å². The largest absolute Gasteiger partial charge is 0.481 e. The van der Waals surface area contributed by atoms with Gasteiger partial charge in [-0.2, -0.15) is 0 Å². The summed E-state index contributed by atoms with van der Waals surface area (Å²) in [6.07, 6.45) is 3.56. The van der Waals surface area contributed by atoms with Crippen LogP contribution in [0.15, 0.2) is 84.9 Å². The van der Waals surface area contributed by atoms with Crippen molar-refractivity contribution in [3.63, 3.8) is 0 Å². The average molecular weight is 453 g/mol. The van der Waals surface area contributed by atoms with Crippen LogP contribution in [0.5, 0.6) is 0 Å². The fraction of sp³-hybridized carbons (Fsp3) is 0.154. The van der Waals surface area contributed by atoms with Crippen LogP contribution in [0, 0.1) is 0 Å². The van der Waals surface area contributed by atoms with Gasteiger partial charge in [0.1, 0.15) is 0 Å². The molecule has 0 aliphatic carbocycles. The van der Waals surface area contributed by atoms with Gasteiger partial charge in [-0.25, -0.2) is 0 Å². The number of carboxylic acids is 1. The molecule has 3 rings (SSSR count). The summed E-state index contributed by atoms with van der Waals surface area (Å²) in [5, 5.41) is 10.6. The van der Waals surface area contributed by atoms with Gasteiger partial charge in [-0.3, -0.25) is 9.59 Å². The van der Waals surface area contributed by atoms with E-state index in [4.69, 9.17) is 23.2 Å². The predicted molar refractivity (Wildman–Crippen MR) is 126 cm³/mol. The van der Waals surface area contributed by atoms with Crippen LogP contribution in [0.3, 0.4) is 0 Å². The molecule has 1 N–H and O–H groups in total. The quantitative estimate of drug-likeness (QED) is 0.371. The van der Waals surface area contributed by atoms with Gasteiger partial charge < -0.3 is 5.11 Å². The fourth-order valence-electron chi connectivity index (χ4n) is 3.64. The first-order valence-corrected chi connectivity index (χ1v) is 10.7. The second-order valence-electron chi connectivity index (χ2n) is 7.36. The summed E-state index contributed by atoms with van der Waals surface area (Å²) in [4.78, 5) is 25.1. The fourth-order valence-corrected chi connectivity index (χ4v) is 3.97. The molecule has 3 aromatic rings.